The molecule has 1 heterocycles. The fourth-order valence-electron chi connectivity index (χ4n) is 2.40. The molecule has 130 valence electrons. The van der Waals surface area contributed by atoms with E-state index in [9.17, 15) is 12.8 Å². The molecule has 0 spiro atoms. The van der Waals surface area contributed by atoms with Gasteiger partial charge in [-0.15, -0.1) is 0 Å². The number of benzene rings is 2. The quantitative estimate of drug-likeness (QED) is 0.758. The number of nitrogens with zero attached hydrogens (tertiary/aromatic N) is 2. The molecular weight excluding hydrogens is 341 g/mol. The van der Waals surface area contributed by atoms with E-state index in [4.69, 9.17) is 0 Å². The third-order valence-corrected chi connectivity index (χ3v) is 5.34. The molecule has 7 heteroatoms. The fourth-order valence-corrected chi connectivity index (χ4v) is 3.51. The van der Waals surface area contributed by atoms with Crippen LogP contribution in [0.2, 0.25) is 0 Å². The van der Waals surface area contributed by atoms with Crippen molar-refractivity contribution in [3.05, 3.63) is 77.4 Å². The van der Waals surface area contributed by atoms with Crippen molar-refractivity contribution in [2.45, 2.75) is 25.3 Å². The second-order valence-electron chi connectivity index (χ2n) is 5.87. The van der Waals surface area contributed by atoms with Gasteiger partial charge in [0.15, 0.2) is 0 Å². The first-order valence-corrected chi connectivity index (χ1v) is 9.19. The first-order valence-electron chi connectivity index (χ1n) is 7.71. The van der Waals surface area contributed by atoms with E-state index in [1.807, 2.05) is 13.8 Å². The van der Waals surface area contributed by atoms with Crippen molar-refractivity contribution in [3.8, 4) is 0 Å². The van der Waals surface area contributed by atoms with E-state index in [-0.39, 0.29) is 17.3 Å². The zero-order valence-electron chi connectivity index (χ0n) is 13.9. The monoisotopic (exact) mass is 359 g/mol. The Morgan fingerprint density at radius 3 is 2.60 bits per heavy atom. The molecule has 0 bridgehead atoms. The molecule has 0 fully saturated rings. The van der Waals surface area contributed by atoms with E-state index in [1.165, 1.54) is 23.1 Å². The van der Waals surface area contributed by atoms with Crippen molar-refractivity contribution in [2.75, 3.05) is 4.72 Å². The Morgan fingerprint density at radius 1 is 1.12 bits per heavy atom. The maximum Gasteiger partial charge on any atom is 0.262 e. The molecule has 3 rings (SSSR count). The van der Waals surface area contributed by atoms with Crippen LogP contribution in [0, 0.1) is 19.7 Å². The average molecular weight is 359 g/mol. The minimum absolute atomic E-state index is 0.192. The average Bonchev–Trinajstić information content (AvgIpc) is 2.98. The SMILES string of the molecule is Cc1ccc(S(=O)(=O)Nc2cnn(Cc3ccccc3F)c2)cc1C. The zero-order chi connectivity index (χ0) is 18.0. The van der Waals surface area contributed by atoms with Crippen molar-refractivity contribution < 1.29 is 12.8 Å². The summed E-state index contributed by atoms with van der Waals surface area (Å²) in [6.07, 6.45) is 2.93. The number of halogens is 1. The third-order valence-electron chi connectivity index (χ3n) is 3.96. The maximum atomic E-state index is 13.7. The lowest BCUT2D eigenvalue weighted by Crippen LogP contribution is -2.13. The molecule has 0 aliphatic rings. The Hall–Kier alpha value is -2.67. The lowest BCUT2D eigenvalue weighted by Gasteiger charge is -2.08. The number of aryl methyl sites for hydroxylation is 2. The smallest absolute Gasteiger partial charge is 0.262 e. The zero-order valence-corrected chi connectivity index (χ0v) is 14.7. The predicted octanol–water partition coefficient (Wildman–Crippen LogP) is 3.49. The molecule has 0 saturated heterocycles. The molecule has 2 aromatic carbocycles. The highest BCUT2D eigenvalue weighted by atomic mass is 32.2. The number of aromatic nitrogens is 2. The molecule has 0 radical (unpaired) electrons. The maximum absolute atomic E-state index is 13.7. The molecule has 0 unspecified atom stereocenters. The summed E-state index contributed by atoms with van der Waals surface area (Å²) >= 11 is 0. The fraction of sp³-hybridized carbons (Fsp3) is 0.167. The Bertz CT molecular complexity index is 1010. The van der Waals surface area contributed by atoms with E-state index >= 15 is 0 Å². The molecule has 0 aliphatic heterocycles. The first-order chi connectivity index (χ1) is 11.8. The van der Waals surface area contributed by atoms with Gasteiger partial charge in [-0.3, -0.25) is 9.40 Å². The third kappa shape index (κ3) is 3.88. The Morgan fingerprint density at radius 2 is 1.88 bits per heavy atom. The molecule has 3 aromatic rings. The van der Waals surface area contributed by atoms with Crippen LogP contribution in [0.4, 0.5) is 10.1 Å². The summed E-state index contributed by atoms with van der Waals surface area (Å²) in [6, 6.07) is 11.4. The van der Waals surface area contributed by atoms with E-state index in [0.29, 0.717) is 11.3 Å². The lowest BCUT2D eigenvalue weighted by molar-refractivity contribution is 0.585. The number of hydrogen-bond acceptors (Lipinski definition) is 3. The minimum Gasteiger partial charge on any atom is -0.276 e. The van der Waals surface area contributed by atoms with Gasteiger partial charge < -0.3 is 0 Å². The lowest BCUT2D eigenvalue weighted by atomic mass is 10.1. The van der Waals surface area contributed by atoms with Crippen molar-refractivity contribution in [3.63, 3.8) is 0 Å². The van der Waals surface area contributed by atoms with Crippen LogP contribution >= 0.6 is 0 Å². The van der Waals surface area contributed by atoms with E-state index in [2.05, 4.69) is 9.82 Å². The van der Waals surface area contributed by atoms with Gasteiger partial charge >= 0.3 is 0 Å². The van der Waals surface area contributed by atoms with Gasteiger partial charge in [-0.1, -0.05) is 24.3 Å². The molecule has 1 aromatic heterocycles. The van der Waals surface area contributed by atoms with Gasteiger partial charge in [0, 0.05) is 11.8 Å². The number of anilines is 1. The largest absolute Gasteiger partial charge is 0.276 e. The minimum atomic E-state index is -3.70. The number of rotatable bonds is 5. The Balaban J connectivity index is 1.78. The van der Waals surface area contributed by atoms with Crippen molar-refractivity contribution in [1.29, 1.82) is 0 Å². The van der Waals surface area contributed by atoms with Gasteiger partial charge in [-0.25, -0.2) is 12.8 Å². The Labute approximate surface area is 146 Å². The van der Waals surface area contributed by atoms with Crippen LogP contribution in [-0.4, -0.2) is 18.2 Å². The molecule has 0 saturated carbocycles. The highest BCUT2D eigenvalue weighted by Gasteiger charge is 2.16. The summed E-state index contributed by atoms with van der Waals surface area (Å²) in [7, 11) is -3.70. The van der Waals surface area contributed by atoms with Crippen LogP contribution in [0.5, 0.6) is 0 Å². The summed E-state index contributed by atoms with van der Waals surface area (Å²) in [5.41, 5.74) is 2.73. The van der Waals surface area contributed by atoms with Gasteiger partial charge in [0.2, 0.25) is 0 Å². The molecule has 0 aliphatic carbocycles. The van der Waals surface area contributed by atoms with Crippen LogP contribution in [-0.2, 0) is 16.6 Å². The van der Waals surface area contributed by atoms with Crippen molar-refractivity contribution >= 4 is 15.7 Å². The van der Waals surface area contributed by atoms with E-state index in [0.717, 1.165) is 11.1 Å². The standard InChI is InChI=1S/C18H18FN3O2S/c1-13-7-8-17(9-14(13)2)25(23,24)21-16-10-20-22(12-16)11-15-5-3-4-6-18(15)19/h3-10,12,21H,11H2,1-2H3. The molecule has 0 atom stereocenters. The van der Waals surface area contributed by atoms with Gasteiger partial charge in [-0.2, -0.15) is 5.10 Å². The Kier molecular flexibility index (Phi) is 4.59. The predicted molar refractivity (Wildman–Crippen MR) is 94.5 cm³/mol. The highest BCUT2D eigenvalue weighted by molar-refractivity contribution is 7.92. The molecule has 5 nitrogen and oxygen atoms in total. The van der Waals surface area contributed by atoms with Crippen molar-refractivity contribution in [1.82, 2.24) is 9.78 Å². The van der Waals surface area contributed by atoms with Crippen molar-refractivity contribution in [2.24, 2.45) is 0 Å². The summed E-state index contributed by atoms with van der Waals surface area (Å²) in [5, 5.41) is 4.09. The first kappa shape index (κ1) is 17.2. The van der Waals surface area contributed by atoms with Crippen LogP contribution in [0.25, 0.3) is 0 Å². The van der Waals surface area contributed by atoms with Gasteiger partial charge in [0.05, 0.1) is 23.3 Å². The second kappa shape index (κ2) is 6.68. The molecule has 25 heavy (non-hydrogen) atoms. The normalized spacial score (nSPS) is 11.5. The summed E-state index contributed by atoms with van der Waals surface area (Å²) in [4.78, 5) is 0.192. The summed E-state index contributed by atoms with van der Waals surface area (Å²) in [5.74, 6) is -0.324. The van der Waals surface area contributed by atoms with Crippen LogP contribution in [0.15, 0.2) is 59.8 Å². The highest BCUT2D eigenvalue weighted by Crippen LogP contribution is 2.19. The number of hydrogen-bond donors (Lipinski definition) is 1. The number of sulfonamides is 1. The van der Waals surface area contributed by atoms with E-state index in [1.54, 1.807) is 36.4 Å². The molecule has 1 N–H and O–H groups in total. The summed E-state index contributed by atoms with van der Waals surface area (Å²) in [6.45, 7) is 4.00. The van der Waals surface area contributed by atoms with Crippen LogP contribution < -0.4 is 4.72 Å². The van der Waals surface area contributed by atoms with Gasteiger partial charge in [-0.05, 0) is 43.2 Å². The molecular formula is C18H18FN3O2S. The second-order valence-corrected chi connectivity index (χ2v) is 7.55. The van der Waals surface area contributed by atoms with E-state index < -0.39 is 10.0 Å². The van der Waals surface area contributed by atoms with Gasteiger partial charge in [0.25, 0.3) is 10.0 Å². The summed E-state index contributed by atoms with van der Waals surface area (Å²) < 4.78 is 42.6. The topological polar surface area (TPSA) is 64.0 Å². The van der Waals surface area contributed by atoms with Gasteiger partial charge in [0.1, 0.15) is 5.82 Å². The molecule has 0 amide bonds. The number of nitrogens with one attached hydrogen (secondary N) is 1. The van der Waals surface area contributed by atoms with Crippen LogP contribution in [0.1, 0.15) is 16.7 Å². The van der Waals surface area contributed by atoms with Crippen LogP contribution in [0.3, 0.4) is 0 Å².